The van der Waals surface area contributed by atoms with E-state index < -0.39 is 5.91 Å². The molecule has 0 fully saturated rings. The van der Waals surface area contributed by atoms with Gasteiger partial charge in [0.15, 0.2) is 11.5 Å². The summed E-state index contributed by atoms with van der Waals surface area (Å²) in [7, 11) is 0. The number of amides is 1. The van der Waals surface area contributed by atoms with Crippen molar-refractivity contribution in [2.24, 2.45) is 5.73 Å². The fourth-order valence-corrected chi connectivity index (χ4v) is 2.88. The van der Waals surface area contributed by atoms with Crippen LogP contribution in [-0.2, 0) is 6.54 Å². The molecule has 0 saturated heterocycles. The maximum absolute atomic E-state index is 13.0. The smallest absolute Gasteiger partial charge is 0.248 e. The Labute approximate surface area is 154 Å². The second-order valence-electron chi connectivity index (χ2n) is 6.04. The number of carbonyl (C=O) groups is 1. The molecule has 4 rings (SSSR count). The van der Waals surface area contributed by atoms with E-state index in [0.717, 1.165) is 16.8 Å². The van der Waals surface area contributed by atoms with Gasteiger partial charge in [0.2, 0.25) is 5.91 Å². The van der Waals surface area contributed by atoms with Crippen LogP contribution in [-0.4, -0.2) is 20.3 Å². The zero-order chi connectivity index (χ0) is 18.8. The van der Waals surface area contributed by atoms with E-state index in [1.54, 1.807) is 48.9 Å². The number of primary amides is 1. The number of halogens is 1. The molecule has 0 aliphatic heterocycles. The number of hydrogen-bond acceptors (Lipinski definition) is 4. The number of anilines is 1. The van der Waals surface area contributed by atoms with Gasteiger partial charge in [0.05, 0.1) is 11.9 Å². The second kappa shape index (κ2) is 6.87. The molecular weight excluding hydrogens is 345 g/mol. The predicted molar refractivity (Wildman–Crippen MR) is 101 cm³/mol. The van der Waals surface area contributed by atoms with Gasteiger partial charge in [0.1, 0.15) is 5.82 Å². The van der Waals surface area contributed by atoms with Gasteiger partial charge in [-0.1, -0.05) is 24.3 Å². The third kappa shape index (κ3) is 3.35. The van der Waals surface area contributed by atoms with E-state index in [2.05, 4.69) is 15.3 Å². The van der Waals surface area contributed by atoms with Crippen molar-refractivity contribution in [3.05, 3.63) is 84.1 Å². The summed E-state index contributed by atoms with van der Waals surface area (Å²) < 4.78 is 14.9. The van der Waals surface area contributed by atoms with Crippen LogP contribution in [0.15, 0.2) is 67.1 Å². The van der Waals surface area contributed by atoms with Gasteiger partial charge in [-0.3, -0.25) is 9.20 Å². The maximum atomic E-state index is 13.0. The molecule has 0 saturated carbocycles. The van der Waals surface area contributed by atoms with Crippen molar-refractivity contribution in [2.45, 2.75) is 6.54 Å². The summed E-state index contributed by atoms with van der Waals surface area (Å²) in [6, 6.07) is 13.4. The number of benzene rings is 2. The highest BCUT2D eigenvalue weighted by atomic mass is 19.1. The fraction of sp³-hybridized carbons (Fsp3) is 0.0500. The highest BCUT2D eigenvalue weighted by molar-refractivity contribution is 5.94. The van der Waals surface area contributed by atoms with Crippen LogP contribution in [0.2, 0.25) is 0 Å². The van der Waals surface area contributed by atoms with E-state index in [0.29, 0.717) is 23.6 Å². The Morgan fingerprint density at radius 2 is 1.96 bits per heavy atom. The predicted octanol–water partition coefficient (Wildman–Crippen LogP) is 3.25. The molecule has 134 valence electrons. The summed E-state index contributed by atoms with van der Waals surface area (Å²) in [5.74, 6) is -0.136. The van der Waals surface area contributed by atoms with Gasteiger partial charge in [-0.2, -0.15) is 0 Å². The zero-order valence-corrected chi connectivity index (χ0v) is 14.3. The minimum atomic E-state index is -0.478. The third-order valence-corrected chi connectivity index (χ3v) is 4.24. The first kappa shape index (κ1) is 16.7. The van der Waals surface area contributed by atoms with E-state index in [4.69, 9.17) is 5.73 Å². The van der Waals surface area contributed by atoms with E-state index in [-0.39, 0.29) is 5.82 Å². The van der Waals surface area contributed by atoms with Crippen LogP contribution in [0.3, 0.4) is 0 Å². The van der Waals surface area contributed by atoms with Crippen molar-refractivity contribution in [2.75, 3.05) is 5.32 Å². The Balaban J connectivity index is 1.66. The molecule has 0 atom stereocenters. The van der Waals surface area contributed by atoms with E-state index in [1.807, 2.05) is 10.5 Å². The first-order chi connectivity index (χ1) is 13.1. The molecule has 2 aromatic heterocycles. The lowest BCUT2D eigenvalue weighted by atomic mass is 10.1. The molecule has 0 unspecified atom stereocenters. The van der Waals surface area contributed by atoms with Crippen LogP contribution in [0.5, 0.6) is 0 Å². The Kier molecular flexibility index (Phi) is 4.25. The number of aromatic nitrogens is 3. The van der Waals surface area contributed by atoms with Crippen LogP contribution < -0.4 is 11.1 Å². The summed E-state index contributed by atoms with van der Waals surface area (Å²) in [4.78, 5) is 20.2. The van der Waals surface area contributed by atoms with Crippen LogP contribution in [0.1, 0.15) is 15.9 Å². The number of imidazole rings is 1. The highest BCUT2D eigenvalue weighted by Gasteiger charge is 2.11. The first-order valence-corrected chi connectivity index (χ1v) is 8.32. The number of nitrogens with zero attached hydrogens (tertiary/aromatic N) is 3. The Bertz CT molecular complexity index is 1120. The Morgan fingerprint density at radius 1 is 1.15 bits per heavy atom. The molecule has 3 N–H and O–H groups in total. The maximum Gasteiger partial charge on any atom is 0.248 e. The van der Waals surface area contributed by atoms with Crippen LogP contribution in [0, 0.1) is 5.82 Å². The van der Waals surface area contributed by atoms with Crippen molar-refractivity contribution >= 4 is 17.4 Å². The molecular formula is C20H16FN5O. The third-order valence-electron chi connectivity index (χ3n) is 4.24. The molecule has 4 aromatic rings. The summed E-state index contributed by atoms with van der Waals surface area (Å²) in [5, 5.41) is 3.23. The van der Waals surface area contributed by atoms with E-state index in [9.17, 15) is 9.18 Å². The second-order valence-corrected chi connectivity index (χ2v) is 6.04. The minimum absolute atomic E-state index is 0.268. The molecule has 0 radical (unpaired) electrons. The average Bonchev–Trinajstić information content (AvgIpc) is 3.12. The number of carbonyl (C=O) groups excluding carboxylic acids is 1. The van der Waals surface area contributed by atoms with Gasteiger partial charge in [-0.05, 0) is 29.8 Å². The SMILES string of the molecule is NC(=O)c1cccc(-c2cnc3c(NCc4ccc(F)cc4)nccn23)c1. The molecule has 27 heavy (non-hydrogen) atoms. The molecule has 1 amide bonds. The van der Waals surface area contributed by atoms with Crippen molar-refractivity contribution in [1.29, 1.82) is 0 Å². The monoisotopic (exact) mass is 361 g/mol. The van der Waals surface area contributed by atoms with Gasteiger partial charge in [0, 0.05) is 30.1 Å². The number of hydrogen-bond donors (Lipinski definition) is 2. The number of fused-ring (bicyclic) bond motifs is 1. The van der Waals surface area contributed by atoms with Crippen molar-refractivity contribution in [3.63, 3.8) is 0 Å². The van der Waals surface area contributed by atoms with Crippen LogP contribution in [0.4, 0.5) is 10.2 Å². The lowest BCUT2D eigenvalue weighted by molar-refractivity contribution is 0.100. The largest absolute Gasteiger partial charge is 0.366 e. The molecule has 2 aromatic carbocycles. The zero-order valence-electron chi connectivity index (χ0n) is 14.3. The van der Waals surface area contributed by atoms with E-state index >= 15 is 0 Å². The van der Waals surface area contributed by atoms with Gasteiger partial charge in [-0.25, -0.2) is 14.4 Å². The lowest BCUT2D eigenvalue weighted by Crippen LogP contribution is -2.10. The number of nitrogens with one attached hydrogen (secondary N) is 1. The number of rotatable bonds is 5. The molecule has 7 heteroatoms. The normalized spacial score (nSPS) is 10.9. The van der Waals surface area contributed by atoms with E-state index in [1.165, 1.54) is 12.1 Å². The van der Waals surface area contributed by atoms with Crippen molar-refractivity contribution in [1.82, 2.24) is 14.4 Å². The quantitative estimate of drug-likeness (QED) is 0.571. The molecule has 6 nitrogen and oxygen atoms in total. The first-order valence-electron chi connectivity index (χ1n) is 8.32. The topological polar surface area (TPSA) is 85.3 Å². The Hall–Kier alpha value is -3.74. The van der Waals surface area contributed by atoms with Crippen molar-refractivity contribution < 1.29 is 9.18 Å². The van der Waals surface area contributed by atoms with Gasteiger partial charge < -0.3 is 11.1 Å². The lowest BCUT2D eigenvalue weighted by Gasteiger charge is -2.08. The molecule has 0 aliphatic carbocycles. The summed E-state index contributed by atoms with van der Waals surface area (Å²) in [6.07, 6.45) is 5.20. The minimum Gasteiger partial charge on any atom is -0.366 e. The van der Waals surface area contributed by atoms with Crippen LogP contribution in [0.25, 0.3) is 16.9 Å². The standard InChI is InChI=1S/C20H16FN5O/c21-16-6-4-13(5-7-16)11-24-19-20-25-12-17(26(20)9-8-23-19)14-2-1-3-15(10-14)18(22)27/h1-10,12H,11H2,(H2,22,27)(H,23,24). The molecule has 2 heterocycles. The van der Waals surface area contributed by atoms with Crippen LogP contribution >= 0.6 is 0 Å². The summed E-state index contributed by atoms with van der Waals surface area (Å²) >= 11 is 0. The highest BCUT2D eigenvalue weighted by Crippen LogP contribution is 2.24. The van der Waals surface area contributed by atoms with Crippen molar-refractivity contribution in [3.8, 4) is 11.3 Å². The van der Waals surface area contributed by atoms with Gasteiger partial charge in [-0.15, -0.1) is 0 Å². The fourth-order valence-electron chi connectivity index (χ4n) is 2.88. The number of nitrogens with two attached hydrogens (primary N) is 1. The molecule has 0 spiro atoms. The molecule has 0 aliphatic rings. The van der Waals surface area contributed by atoms with Gasteiger partial charge >= 0.3 is 0 Å². The summed E-state index contributed by atoms with van der Waals surface area (Å²) in [5.41, 5.74) is 9.04. The molecule has 0 bridgehead atoms. The average molecular weight is 361 g/mol. The van der Waals surface area contributed by atoms with Gasteiger partial charge in [0.25, 0.3) is 0 Å². The summed E-state index contributed by atoms with van der Waals surface area (Å²) in [6.45, 7) is 0.492. The Morgan fingerprint density at radius 3 is 2.74 bits per heavy atom.